The number of benzene rings is 2. The fourth-order valence-electron chi connectivity index (χ4n) is 5.81. The molecule has 0 aliphatic carbocycles. The number of methoxy groups -OCH3 is 1. The Morgan fingerprint density at radius 1 is 1.18 bits per heavy atom. The number of nitrogens with zero attached hydrogens (tertiary/aromatic N) is 6. The number of aryl methyl sites for hydroxylation is 1. The van der Waals surface area contributed by atoms with Gasteiger partial charge in [-0.15, -0.1) is 11.3 Å². The van der Waals surface area contributed by atoms with Crippen molar-refractivity contribution >= 4 is 44.4 Å². The quantitative estimate of drug-likeness (QED) is 0.120. The second-order valence-corrected chi connectivity index (χ2v) is 12.2. The highest BCUT2D eigenvalue weighted by molar-refractivity contribution is 7.17. The van der Waals surface area contributed by atoms with Gasteiger partial charge in [0.05, 0.1) is 34.8 Å². The van der Waals surface area contributed by atoms with Crippen molar-refractivity contribution in [1.29, 1.82) is 0 Å². The molecular weight excluding hydrogens is 592 g/mol. The Balaban J connectivity index is 1.33. The summed E-state index contributed by atoms with van der Waals surface area (Å²) in [6.07, 6.45) is 4.64. The van der Waals surface area contributed by atoms with Gasteiger partial charge in [-0.3, -0.25) is 10.1 Å². The number of hydrogen-bond donors (Lipinski definition) is 3. The van der Waals surface area contributed by atoms with Gasteiger partial charge >= 0.3 is 0 Å². The van der Waals surface area contributed by atoms with Crippen LogP contribution in [0.15, 0.2) is 54.0 Å². The third-order valence-corrected chi connectivity index (χ3v) is 9.12. The van der Waals surface area contributed by atoms with Gasteiger partial charge in [0.25, 0.3) is 5.69 Å². The molecule has 234 valence electrons. The minimum atomic E-state index is -0.357. The smallest absolute Gasteiger partial charge is 0.294 e. The Morgan fingerprint density at radius 3 is 2.73 bits per heavy atom. The topological polar surface area (TPSA) is 146 Å². The fraction of sp³-hybridized carbons (Fsp3) is 0.344. The number of thiophene rings is 1. The number of rotatable bonds is 11. The number of aliphatic hydroxyl groups is 1. The van der Waals surface area contributed by atoms with E-state index in [-0.39, 0.29) is 23.2 Å². The van der Waals surface area contributed by atoms with Crippen LogP contribution in [0.5, 0.6) is 5.75 Å². The van der Waals surface area contributed by atoms with Gasteiger partial charge in [0.1, 0.15) is 17.3 Å². The van der Waals surface area contributed by atoms with Crippen molar-refractivity contribution in [2.24, 2.45) is 0 Å². The second kappa shape index (κ2) is 13.2. The van der Waals surface area contributed by atoms with Crippen molar-refractivity contribution < 1.29 is 14.8 Å². The second-order valence-electron chi connectivity index (χ2n) is 11.3. The summed E-state index contributed by atoms with van der Waals surface area (Å²) in [7, 11) is 5.67. The molecule has 0 bridgehead atoms. The molecule has 6 rings (SSSR count). The highest BCUT2D eigenvalue weighted by Gasteiger charge is 2.28. The number of fused-ring (bicyclic) bond motifs is 1. The molecule has 0 amide bonds. The van der Waals surface area contributed by atoms with Gasteiger partial charge in [-0.05, 0) is 62.3 Å². The summed E-state index contributed by atoms with van der Waals surface area (Å²) < 4.78 is 6.85. The predicted molar refractivity (Wildman–Crippen MR) is 178 cm³/mol. The molecule has 3 N–H and O–H groups in total. The van der Waals surface area contributed by atoms with E-state index in [4.69, 9.17) is 14.7 Å². The maximum Gasteiger partial charge on any atom is 0.294 e. The van der Waals surface area contributed by atoms with Crippen LogP contribution in [0.4, 0.5) is 23.0 Å². The minimum absolute atomic E-state index is 0.00824. The van der Waals surface area contributed by atoms with Crippen LogP contribution in [0.25, 0.3) is 32.7 Å². The monoisotopic (exact) mass is 628 g/mol. The number of aromatic nitrogens is 4. The lowest BCUT2D eigenvalue weighted by Crippen LogP contribution is -2.42. The van der Waals surface area contributed by atoms with Crippen LogP contribution in [0, 0.1) is 10.1 Å². The number of piperidine rings is 1. The van der Waals surface area contributed by atoms with Gasteiger partial charge < -0.3 is 29.9 Å². The summed E-state index contributed by atoms with van der Waals surface area (Å²) >= 11 is 1.67. The molecule has 13 heteroatoms. The Kier molecular flexibility index (Phi) is 8.92. The standard InChI is InChI=1S/C32H36N8O4S/c1-38(2)22-9-13-39(14-10-22)25-19-27(44-3)24(18-26(25)40(42)43)35-32-33-12-8-23(34-32)31-30(36-29(37-31)5-4-15-41)21-7-6-20-11-16-45-28(20)17-21/h6-8,11-12,16-19,22,41H,4-5,9-10,13-15H2,1-3H3,(H,36,37)(H,33,34,35). The van der Waals surface area contributed by atoms with Gasteiger partial charge in [0.15, 0.2) is 0 Å². The molecule has 0 atom stereocenters. The number of aromatic amines is 1. The van der Waals surface area contributed by atoms with Crippen LogP contribution in [0.2, 0.25) is 0 Å². The van der Waals surface area contributed by atoms with Crippen molar-refractivity contribution in [3.05, 3.63) is 70.0 Å². The predicted octanol–water partition coefficient (Wildman–Crippen LogP) is 5.86. The number of H-pyrrole nitrogens is 1. The fourth-order valence-corrected chi connectivity index (χ4v) is 6.64. The molecule has 0 unspecified atom stereocenters. The summed E-state index contributed by atoms with van der Waals surface area (Å²) in [5, 5.41) is 28.0. The number of anilines is 3. The SMILES string of the molecule is COc1cc(N2CCC(N(C)C)CC2)c([N+](=O)[O-])cc1Nc1nccc(-c2[nH]c(CCCO)nc2-c2ccc3ccsc3c2)n1. The normalized spacial score (nSPS) is 13.9. The first-order valence-electron chi connectivity index (χ1n) is 14.9. The number of hydrogen-bond acceptors (Lipinski definition) is 11. The van der Waals surface area contributed by atoms with Crippen LogP contribution >= 0.6 is 11.3 Å². The molecule has 3 aromatic heterocycles. The molecule has 2 aromatic carbocycles. The number of ether oxygens (including phenoxy) is 1. The molecular formula is C32H36N8O4S. The Labute approximate surface area is 264 Å². The van der Waals surface area contributed by atoms with Gasteiger partial charge in [-0.25, -0.2) is 15.0 Å². The molecule has 1 fully saturated rings. The third-order valence-electron chi connectivity index (χ3n) is 8.24. The third kappa shape index (κ3) is 6.46. The highest BCUT2D eigenvalue weighted by atomic mass is 32.1. The van der Waals surface area contributed by atoms with Gasteiger partial charge in [-0.2, -0.15) is 0 Å². The zero-order valence-electron chi connectivity index (χ0n) is 25.5. The number of imidazole rings is 1. The van der Waals surface area contributed by atoms with Gasteiger partial charge in [0, 0.05) is 60.8 Å². The zero-order valence-corrected chi connectivity index (χ0v) is 26.3. The number of nitro benzene ring substituents is 1. The van der Waals surface area contributed by atoms with E-state index in [0.717, 1.165) is 53.4 Å². The molecule has 0 spiro atoms. The summed E-state index contributed by atoms with van der Waals surface area (Å²) in [4.78, 5) is 33.6. The lowest BCUT2D eigenvalue weighted by molar-refractivity contribution is -0.384. The Hall–Kier alpha value is -4.59. The van der Waals surface area contributed by atoms with E-state index in [0.29, 0.717) is 41.7 Å². The average Bonchev–Trinajstić information content (AvgIpc) is 3.71. The van der Waals surface area contributed by atoms with Crippen LogP contribution < -0.4 is 15.0 Å². The number of aliphatic hydroxyl groups excluding tert-OH is 1. The minimum Gasteiger partial charge on any atom is -0.494 e. The molecule has 0 saturated carbocycles. The molecule has 45 heavy (non-hydrogen) atoms. The number of nitrogens with one attached hydrogen (secondary N) is 2. The molecule has 12 nitrogen and oxygen atoms in total. The van der Waals surface area contributed by atoms with E-state index >= 15 is 0 Å². The summed E-state index contributed by atoms with van der Waals surface area (Å²) in [6, 6.07) is 13.8. The first kappa shape index (κ1) is 30.4. The lowest BCUT2D eigenvalue weighted by Gasteiger charge is -2.36. The summed E-state index contributed by atoms with van der Waals surface area (Å²) in [5.74, 6) is 1.46. The summed E-state index contributed by atoms with van der Waals surface area (Å²) in [5.41, 5.74) is 3.94. The van der Waals surface area contributed by atoms with E-state index in [1.54, 1.807) is 36.8 Å². The first-order chi connectivity index (χ1) is 21.8. The van der Waals surface area contributed by atoms with Crippen LogP contribution in [0.3, 0.4) is 0 Å². The highest BCUT2D eigenvalue weighted by Crippen LogP contribution is 2.41. The maximum atomic E-state index is 12.2. The molecule has 4 heterocycles. The van der Waals surface area contributed by atoms with E-state index in [1.165, 1.54) is 11.5 Å². The average molecular weight is 629 g/mol. The van der Waals surface area contributed by atoms with Gasteiger partial charge in [-0.1, -0.05) is 12.1 Å². The van der Waals surface area contributed by atoms with Crippen molar-refractivity contribution in [3.63, 3.8) is 0 Å². The summed E-state index contributed by atoms with van der Waals surface area (Å²) in [6.45, 7) is 1.50. The van der Waals surface area contributed by atoms with Gasteiger partial charge in [0.2, 0.25) is 5.95 Å². The first-order valence-corrected chi connectivity index (χ1v) is 15.8. The lowest BCUT2D eigenvalue weighted by atomic mass is 10.0. The van der Waals surface area contributed by atoms with Crippen LogP contribution in [-0.2, 0) is 6.42 Å². The molecule has 0 radical (unpaired) electrons. The van der Waals surface area contributed by atoms with Crippen molar-refractivity contribution in [3.8, 4) is 28.4 Å². The largest absolute Gasteiger partial charge is 0.494 e. The van der Waals surface area contributed by atoms with Crippen molar-refractivity contribution in [2.45, 2.75) is 31.7 Å². The van der Waals surface area contributed by atoms with E-state index in [9.17, 15) is 15.2 Å². The van der Waals surface area contributed by atoms with Crippen LogP contribution in [-0.4, -0.2) is 81.8 Å². The Morgan fingerprint density at radius 2 is 2.00 bits per heavy atom. The van der Waals surface area contributed by atoms with Crippen LogP contribution in [0.1, 0.15) is 25.1 Å². The maximum absolute atomic E-state index is 12.2. The van der Waals surface area contributed by atoms with E-state index in [2.05, 4.69) is 62.8 Å². The van der Waals surface area contributed by atoms with Crippen molar-refractivity contribution in [1.82, 2.24) is 24.8 Å². The Bertz CT molecular complexity index is 1810. The van der Waals surface area contributed by atoms with E-state index in [1.807, 2.05) is 6.07 Å². The molecule has 1 aliphatic rings. The molecule has 1 aliphatic heterocycles. The molecule has 1 saturated heterocycles. The molecule has 5 aromatic rings. The zero-order chi connectivity index (χ0) is 31.5. The van der Waals surface area contributed by atoms with Crippen molar-refractivity contribution in [2.75, 3.05) is 51.1 Å². The number of nitro groups is 1. The van der Waals surface area contributed by atoms with E-state index < -0.39 is 0 Å².